The van der Waals surface area contributed by atoms with Gasteiger partial charge in [-0.3, -0.25) is 0 Å². The summed E-state index contributed by atoms with van der Waals surface area (Å²) in [7, 11) is 1.73. The Labute approximate surface area is 218 Å². The van der Waals surface area contributed by atoms with E-state index in [0.29, 0.717) is 41.7 Å². The fourth-order valence-electron chi connectivity index (χ4n) is 5.13. The number of aromatic nitrogens is 2. The molecule has 0 aromatic carbocycles. The maximum absolute atomic E-state index is 14.9. The lowest BCUT2D eigenvalue weighted by atomic mass is 9.82. The number of hydrogen-bond donors (Lipinski definition) is 3. The van der Waals surface area contributed by atoms with Crippen molar-refractivity contribution in [2.24, 2.45) is 5.41 Å². The summed E-state index contributed by atoms with van der Waals surface area (Å²) in [6.07, 6.45) is 9.18. The van der Waals surface area contributed by atoms with Crippen molar-refractivity contribution in [3.8, 4) is 11.1 Å². The highest BCUT2D eigenvalue weighted by molar-refractivity contribution is 6.32. The third kappa shape index (κ3) is 7.28. The molecule has 7 nitrogen and oxygen atoms in total. The summed E-state index contributed by atoms with van der Waals surface area (Å²) in [6, 6.07) is 4.75. The van der Waals surface area contributed by atoms with Gasteiger partial charge < -0.3 is 25.4 Å². The van der Waals surface area contributed by atoms with Crippen LogP contribution in [-0.2, 0) is 9.47 Å². The molecule has 2 aromatic heterocycles. The van der Waals surface area contributed by atoms with Gasteiger partial charge in [-0.1, -0.05) is 18.5 Å². The van der Waals surface area contributed by atoms with Crippen molar-refractivity contribution >= 4 is 23.1 Å². The molecule has 0 radical (unpaired) electrons. The molecule has 36 heavy (non-hydrogen) atoms. The fourth-order valence-corrected chi connectivity index (χ4v) is 5.33. The van der Waals surface area contributed by atoms with Crippen molar-refractivity contribution < 1.29 is 13.9 Å². The first-order valence-corrected chi connectivity index (χ1v) is 13.4. The molecular weight excluding hydrogens is 481 g/mol. The quantitative estimate of drug-likeness (QED) is 0.357. The van der Waals surface area contributed by atoms with Crippen LogP contribution in [0.5, 0.6) is 0 Å². The minimum atomic E-state index is -0.419. The molecular formula is C27H39ClFN5O2. The zero-order valence-electron chi connectivity index (χ0n) is 21.6. The van der Waals surface area contributed by atoms with E-state index in [0.717, 1.165) is 64.0 Å². The van der Waals surface area contributed by atoms with E-state index in [4.69, 9.17) is 21.1 Å². The van der Waals surface area contributed by atoms with E-state index in [1.807, 2.05) is 6.07 Å². The lowest BCUT2D eigenvalue weighted by Gasteiger charge is -2.33. The van der Waals surface area contributed by atoms with E-state index < -0.39 is 5.82 Å². The summed E-state index contributed by atoms with van der Waals surface area (Å²) in [5.41, 5.74) is 1.94. The van der Waals surface area contributed by atoms with Crippen LogP contribution in [0, 0.1) is 11.2 Å². The van der Waals surface area contributed by atoms with E-state index in [-0.39, 0.29) is 10.6 Å². The lowest BCUT2D eigenvalue weighted by molar-refractivity contribution is 0.0300. The van der Waals surface area contributed by atoms with E-state index in [2.05, 4.69) is 39.8 Å². The topological polar surface area (TPSA) is 80.3 Å². The maximum atomic E-state index is 14.9. The van der Waals surface area contributed by atoms with Crippen LogP contribution < -0.4 is 16.0 Å². The van der Waals surface area contributed by atoms with E-state index >= 15 is 0 Å². The van der Waals surface area contributed by atoms with Gasteiger partial charge in [0, 0.05) is 56.1 Å². The summed E-state index contributed by atoms with van der Waals surface area (Å²) in [4.78, 5) is 8.63. The SMILES string of the molecule is COCC(C)NC1CCC(Nc2cc(-c3cc(NCC4(C)CCOCC4)cnc3Cl)c(F)cn2)CC1. The van der Waals surface area contributed by atoms with Crippen molar-refractivity contribution in [3.05, 3.63) is 35.5 Å². The highest BCUT2D eigenvalue weighted by Gasteiger charge is 2.27. The van der Waals surface area contributed by atoms with Crippen LogP contribution in [0.4, 0.5) is 15.9 Å². The molecule has 198 valence electrons. The van der Waals surface area contributed by atoms with Gasteiger partial charge in [-0.25, -0.2) is 14.4 Å². The van der Waals surface area contributed by atoms with Gasteiger partial charge >= 0.3 is 0 Å². The molecule has 1 unspecified atom stereocenters. The molecule has 1 saturated carbocycles. The van der Waals surface area contributed by atoms with Gasteiger partial charge in [0.1, 0.15) is 16.8 Å². The lowest BCUT2D eigenvalue weighted by Crippen LogP contribution is -2.42. The molecule has 2 aliphatic rings. The predicted molar refractivity (Wildman–Crippen MR) is 143 cm³/mol. The van der Waals surface area contributed by atoms with Gasteiger partial charge in [0.2, 0.25) is 0 Å². The fraction of sp³-hybridized carbons (Fsp3) is 0.630. The highest BCUT2D eigenvalue weighted by atomic mass is 35.5. The summed E-state index contributed by atoms with van der Waals surface area (Å²) in [6.45, 7) is 7.48. The zero-order valence-corrected chi connectivity index (χ0v) is 22.3. The predicted octanol–water partition coefficient (Wildman–Crippen LogP) is 5.51. The molecule has 3 N–H and O–H groups in total. The Morgan fingerprint density at radius 1 is 1.11 bits per heavy atom. The molecule has 0 spiro atoms. The van der Waals surface area contributed by atoms with Crippen LogP contribution >= 0.6 is 11.6 Å². The second-order valence-electron chi connectivity index (χ2n) is 10.6. The van der Waals surface area contributed by atoms with Gasteiger partial charge in [-0.2, -0.15) is 0 Å². The van der Waals surface area contributed by atoms with Crippen molar-refractivity contribution in [2.75, 3.05) is 44.1 Å². The number of ether oxygens (including phenoxy) is 2. The summed E-state index contributed by atoms with van der Waals surface area (Å²) in [5, 5.41) is 10.9. The Hall–Kier alpha value is -2.00. The smallest absolute Gasteiger partial charge is 0.149 e. The number of anilines is 2. The molecule has 1 saturated heterocycles. The minimum absolute atomic E-state index is 0.160. The van der Waals surface area contributed by atoms with Gasteiger partial charge in [-0.15, -0.1) is 0 Å². The first-order chi connectivity index (χ1) is 17.3. The molecule has 3 heterocycles. The summed E-state index contributed by atoms with van der Waals surface area (Å²) in [5.74, 6) is 0.234. The third-order valence-electron chi connectivity index (χ3n) is 7.42. The Bertz CT molecular complexity index is 996. The Kier molecular flexibility index (Phi) is 9.39. The third-order valence-corrected chi connectivity index (χ3v) is 7.72. The van der Waals surface area contributed by atoms with E-state index in [1.165, 1.54) is 6.20 Å². The number of nitrogens with one attached hydrogen (secondary N) is 3. The first-order valence-electron chi connectivity index (χ1n) is 13.0. The second kappa shape index (κ2) is 12.5. The number of halogens is 2. The van der Waals surface area contributed by atoms with E-state index in [9.17, 15) is 4.39 Å². The van der Waals surface area contributed by atoms with Crippen LogP contribution in [0.15, 0.2) is 24.5 Å². The molecule has 2 aromatic rings. The standard InChI is InChI=1S/C27H39ClFN5O2/c1-18(16-35-3)33-19-4-6-20(7-5-19)34-25-13-22(24(29)15-30-25)23-12-21(14-31-26(23)28)32-17-27(2)8-10-36-11-9-27/h12-15,18-20,32-33H,4-11,16-17H2,1-3H3,(H,30,34). The molecule has 1 atom stereocenters. The molecule has 0 amide bonds. The second-order valence-corrected chi connectivity index (χ2v) is 11.0. The Morgan fingerprint density at radius 2 is 1.83 bits per heavy atom. The number of rotatable bonds is 10. The molecule has 0 bridgehead atoms. The number of nitrogens with zero attached hydrogens (tertiary/aromatic N) is 2. The number of methoxy groups -OCH3 is 1. The minimum Gasteiger partial charge on any atom is -0.383 e. The van der Waals surface area contributed by atoms with Crippen molar-refractivity contribution in [1.29, 1.82) is 0 Å². The van der Waals surface area contributed by atoms with Crippen LogP contribution in [0.2, 0.25) is 5.15 Å². The van der Waals surface area contributed by atoms with Gasteiger partial charge in [0.05, 0.1) is 24.7 Å². The van der Waals surface area contributed by atoms with Crippen LogP contribution in [-0.4, -0.2) is 61.6 Å². The Morgan fingerprint density at radius 3 is 2.56 bits per heavy atom. The first kappa shape index (κ1) is 27.0. The summed E-state index contributed by atoms with van der Waals surface area (Å²) >= 11 is 6.42. The summed E-state index contributed by atoms with van der Waals surface area (Å²) < 4.78 is 25.6. The van der Waals surface area contributed by atoms with Crippen molar-refractivity contribution in [3.63, 3.8) is 0 Å². The number of pyridine rings is 2. The molecule has 1 aliphatic heterocycles. The Balaban J connectivity index is 1.40. The average molecular weight is 520 g/mol. The number of hydrogen-bond acceptors (Lipinski definition) is 7. The van der Waals surface area contributed by atoms with Crippen LogP contribution in [0.25, 0.3) is 11.1 Å². The van der Waals surface area contributed by atoms with Crippen LogP contribution in [0.1, 0.15) is 52.4 Å². The molecule has 9 heteroatoms. The average Bonchev–Trinajstić information content (AvgIpc) is 2.87. The van der Waals surface area contributed by atoms with Gasteiger partial charge in [0.15, 0.2) is 0 Å². The van der Waals surface area contributed by atoms with Crippen molar-refractivity contribution in [1.82, 2.24) is 15.3 Å². The van der Waals surface area contributed by atoms with Gasteiger partial charge in [-0.05, 0) is 63.0 Å². The molecule has 4 rings (SSSR count). The molecule has 2 fully saturated rings. The normalized spacial score (nSPS) is 22.7. The van der Waals surface area contributed by atoms with E-state index in [1.54, 1.807) is 19.4 Å². The monoisotopic (exact) mass is 519 g/mol. The van der Waals surface area contributed by atoms with Crippen molar-refractivity contribution in [2.45, 2.75) is 70.5 Å². The molecule has 1 aliphatic carbocycles. The van der Waals surface area contributed by atoms with Gasteiger partial charge in [0.25, 0.3) is 0 Å². The maximum Gasteiger partial charge on any atom is 0.149 e. The largest absolute Gasteiger partial charge is 0.383 e. The van der Waals surface area contributed by atoms with Crippen LogP contribution in [0.3, 0.4) is 0 Å². The highest BCUT2D eigenvalue weighted by Crippen LogP contribution is 2.34. The zero-order chi connectivity index (χ0) is 25.5.